The van der Waals surface area contributed by atoms with Gasteiger partial charge in [0.1, 0.15) is 0 Å². The van der Waals surface area contributed by atoms with E-state index < -0.39 is 0 Å². The van der Waals surface area contributed by atoms with Crippen LogP contribution < -0.4 is 0 Å². The molecule has 0 bridgehead atoms. The number of fused-ring (bicyclic) bond motifs is 12. The third-order valence-corrected chi connectivity index (χ3v) is 17.8. The van der Waals surface area contributed by atoms with E-state index >= 15 is 0 Å². The van der Waals surface area contributed by atoms with Crippen LogP contribution in [0.5, 0.6) is 0 Å². The van der Waals surface area contributed by atoms with Gasteiger partial charge in [0.25, 0.3) is 0 Å². The van der Waals surface area contributed by atoms with Crippen molar-refractivity contribution in [2.75, 3.05) is 0 Å². The van der Waals surface area contributed by atoms with Crippen molar-refractivity contribution < 1.29 is 0 Å². The van der Waals surface area contributed by atoms with Gasteiger partial charge >= 0.3 is 0 Å². The molecule has 0 fully saturated rings. The molecule has 0 unspecified atom stereocenters. The molecule has 0 radical (unpaired) electrons. The van der Waals surface area contributed by atoms with Crippen LogP contribution in [0.1, 0.15) is 0 Å². The van der Waals surface area contributed by atoms with Crippen molar-refractivity contribution in [3.8, 4) is 67.3 Å². The third kappa shape index (κ3) is 8.53. The fraction of sp³-hybridized carbons (Fsp3) is 0. The average Bonchev–Trinajstić information content (AvgIpc) is 1.72. The van der Waals surface area contributed by atoms with Gasteiger partial charge < -0.3 is 18.3 Å². The van der Waals surface area contributed by atoms with E-state index in [1.807, 2.05) is 0 Å². The molecule has 0 amide bonds. The summed E-state index contributed by atoms with van der Waals surface area (Å²) in [5, 5.41) is 10.1. The highest BCUT2D eigenvalue weighted by Crippen LogP contribution is 2.43. The van der Waals surface area contributed by atoms with Crippen LogP contribution >= 0.6 is 0 Å². The van der Waals surface area contributed by atoms with Gasteiger partial charge in [-0.3, -0.25) is 0 Å². The molecule has 4 nitrogen and oxygen atoms in total. The molecule has 0 atom stereocenters. The van der Waals surface area contributed by atoms with Crippen molar-refractivity contribution in [1.29, 1.82) is 0 Å². The van der Waals surface area contributed by atoms with Crippen molar-refractivity contribution in [2.24, 2.45) is 0 Å². The van der Waals surface area contributed by atoms with Gasteiger partial charge in [0, 0.05) is 65.8 Å². The SMILES string of the molecule is c1ccc(-c2ccc(-c3ccc(-n4c5ccccc5c5cc6c(cc54)c4ccccc4n6-c4ccccc4)cc3)cc2)cc1.c1ccc(-c2ccc(-c3cccc(-n4c5ccccc5c5cc6c(cc54)c4ccccc4n6-c4ccccc4)c3)cc2)cc1. The Balaban J connectivity index is 0.000000137. The molecule has 0 saturated heterocycles. The maximum absolute atomic E-state index is 2.43. The van der Waals surface area contributed by atoms with Gasteiger partial charge in [0.2, 0.25) is 0 Å². The Morgan fingerprint density at radius 3 is 0.693 bits per heavy atom. The summed E-state index contributed by atoms with van der Waals surface area (Å²) in [6.45, 7) is 0. The molecule has 88 heavy (non-hydrogen) atoms. The van der Waals surface area contributed by atoms with Crippen LogP contribution in [0.15, 0.2) is 340 Å². The van der Waals surface area contributed by atoms with Gasteiger partial charge in [-0.2, -0.15) is 0 Å². The predicted octanol–water partition coefficient (Wildman–Crippen LogP) is 22.4. The van der Waals surface area contributed by atoms with Crippen LogP contribution in [-0.2, 0) is 0 Å². The van der Waals surface area contributed by atoms with Crippen molar-refractivity contribution in [3.63, 3.8) is 0 Å². The molecule has 18 aromatic rings. The zero-order valence-corrected chi connectivity index (χ0v) is 48.1. The first-order valence-corrected chi connectivity index (χ1v) is 30.2. The number of rotatable bonds is 8. The number of nitrogens with zero attached hydrogens (tertiary/aromatic N) is 4. The fourth-order valence-corrected chi connectivity index (χ4v) is 13.7. The van der Waals surface area contributed by atoms with Gasteiger partial charge in [-0.15, -0.1) is 0 Å². The minimum absolute atomic E-state index is 1.16. The molecular weight excluding hydrogens is 1060 g/mol. The first-order valence-electron chi connectivity index (χ1n) is 30.2. The second kappa shape index (κ2) is 21.1. The standard InChI is InChI=1S/2C42H28N2/c1-3-12-29(13-4-1)30-22-24-31(25-23-30)32-14-11-17-34(26-32)44-40-21-10-8-19-36(40)38-27-41-37(28-42(38)44)35-18-7-9-20-39(35)43(41)33-15-5-2-6-16-33;1-3-11-29(12-4-1)30-19-21-31(22-20-30)32-23-25-34(26-24-32)44-40-18-10-8-16-36(40)38-27-41-37(28-42(38)44)35-15-7-9-17-39(35)43(41)33-13-5-2-6-14-33/h2*1-28H. The first kappa shape index (κ1) is 50.8. The van der Waals surface area contributed by atoms with Crippen LogP contribution in [0, 0.1) is 0 Å². The topological polar surface area (TPSA) is 19.7 Å². The zero-order valence-electron chi connectivity index (χ0n) is 48.1. The molecule has 18 rings (SSSR count). The summed E-state index contributed by atoms with van der Waals surface area (Å²) >= 11 is 0. The largest absolute Gasteiger partial charge is 0.309 e. The Morgan fingerprint density at radius 2 is 0.352 bits per heavy atom. The number of hydrogen-bond acceptors (Lipinski definition) is 0. The lowest BCUT2D eigenvalue weighted by molar-refractivity contribution is 1.17. The average molecular weight is 1120 g/mol. The molecule has 4 heteroatoms. The maximum Gasteiger partial charge on any atom is 0.0548 e. The van der Waals surface area contributed by atoms with Crippen LogP contribution in [0.25, 0.3) is 154 Å². The predicted molar refractivity (Wildman–Crippen MR) is 372 cm³/mol. The molecule has 412 valence electrons. The van der Waals surface area contributed by atoms with E-state index in [4.69, 9.17) is 0 Å². The second-order valence-electron chi connectivity index (χ2n) is 22.8. The Morgan fingerprint density at radius 1 is 0.125 bits per heavy atom. The molecule has 0 spiro atoms. The Kier molecular flexibility index (Phi) is 12.2. The summed E-state index contributed by atoms with van der Waals surface area (Å²) < 4.78 is 9.64. The Hall–Kier alpha value is -11.7. The molecule has 0 saturated carbocycles. The van der Waals surface area contributed by atoms with Crippen LogP contribution in [0.2, 0.25) is 0 Å². The van der Waals surface area contributed by atoms with E-state index in [1.165, 1.54) is 143 Å². The van der Waals surface area contributed by atoms with E-state index in [-0.39, 0.29) is 0 Å². The quantitative estimate of drug-likeness (QED) is 0.144. The molecule has 14 aromatic carbocycles. The molecule has 4 heterocycles. The van der Waals surface area contributed by atoms with Gasteiger partial charge in [-0.25, -0.2) is 0 Å². The monoisotopic (exact) mass is 1120 g/mol. The van der Waals surface area contributed by atoms with Gasteiger partial charge in [0.05, 0.1) is 44.1 Å². The Labute approximate surface area is 509 Å². The fourth-order valence-electron chi connectivity index (χ4n) is 13.7. The van der Waals surface area contributed by atoms with Crippen molar-refractivity contribution in [3.05, 3.63) is 340 Å². The number of benzene rings is 14. The highest BCUT2D eigenvalue weighted by Gasteiger charge is 2.21. The summed E-state index contributed by atoms with van der Waals surface area (Å²) in [5.74, 6) is 0. The van der Waals surface area contributed by atoms with E-state index in [9.17, 15) is 0 Å². The van der Waals surface area contributed by atoms with E-state index in [0.717, 1.165) is 11.4 Å². The number of para-hydroxylation sites is 6. The molecule has 4 aromatic heterocycles. The van der Waals surface area contributed by atoms with Crippen molar-refractivity contribution in [1.82, 2.24) is 18.3 Å². The normalized spacial score (nSPS) is 11.6. The highest BCUT2D eigenvalue weighted by atomic mass is 15.0. The molecule has 0 aliphatic rings. The molecule has 0 N–H and O–H groups in total. The molecular formula is C84H56N4. The second-order valence-corrected chi connectivity index (χ2v) is 22.8. The summed E-state index contributed by atoms with van der Waals surface area (Å²) in [5.41, 5.74) is 24.2. The van der Waals surface area contributed by atoms with Crippen molar-refractivity contribution >= 4 is 87.2 Å². The van der Waals surface area contributed by atoms with E-state index in [1.54, 1.807) is 0 Å². The third-order valence-electron chi connectivity index (χ3n) is 17.8. The lowest BCUT2D eigenvalue weighted by Crippen LogP contribution is -1.95. The molecule has 0 aliphatic carbocycles. The summed E-state index contributed by atoms with van der Waals surface area (Å²) in [6.07, 6.45) is 0. The Bertz CT molecular complexity index is 5620. The van der Waals surface area contributed by atoms with Gasteiger partial charge in [-0.1, -0.05) is 243 Å². The number of hydrogen-bond donors (Lipinski definition) is 0. The lowest BCUT2D eigenvalue weighted by Gasteiger charge is -2.11. The molecule has 0 aliphatic heterocycles. The minimum atomic E-state index is 1.16. The van der Waals surface area contributed by atoms with Crippen LogP contribution in [-0.4, -0.2) is 18.3 Å². The lowest BCUT2D eigenvalue weighted by atomic mass is 10.00. The van der Waals surface area contributed by atoms with Gasteiger partial charge in [-0.05, 0) is 142 Å². The first-order chi connectivity index (χ1) is 43.7. The summed E-state index contributed by atoms with van der Waals surface area (Å²) in [6, 6.07) is 123. The summed E-state index contributed by atoms with van der Waals surface area (Å²) in [7, 11) is 0. The smallest absolute Gasteiger partial charge is 0.0548 e. The highest BCUT2D eigenvalue weighted by molar-refractivity contribution is 6.20. The van der Waals surface area contributed by atoms with Gasteiger partial charge in [0.15, 0.2) is 0 Å². The van der Waals surface area contributed by atoms with E-state index in [2.05, 4.69) is 358 Å². The maximum atomic E-state index is 2.43. The van der Waals surface area contributed by atoms with Crippen LogP contribution in [0.4, 0.5) is 0 Å². The zero-order chi connectivity index (χ0) is 58.1. The minimum Gasteiger partial charge on any atom is -0.309 e. The van der Waals surface area contributed by atoms with Crippen LogP contribution in [0.3, 0.4) is 0 Å². The number of aromatic nitrogens is 4. The van der Waals surface area contributed by atoms with E-state index in [0.29, 0.717) is 0 Å². The van der Waals surface area contributed by atoms with Crippen molar-refractivity contribution in [2.45, 2.75) is 0 Å². The summed E-state index contributed by atoms with van der Waals surface area (Å²) in [4.78, 5) is 0.